The second-order valence-electron chi connectivity index (χ2n) is 7.79. The van der Waals surface area contributed by atoms with Crippen LogP contribution in [0.5, 0.6) is 0 Å². The Morgan fingerprint density at radius 3 is 2.95 bits per heavy atom. The van der Waals surface area contributed by atoms with E-state index in [0.29, 0.717) is 5.92 Å². The summed E-state index contributed by atoms with van der Waals surface area (Å²) in [5.41, 5.74) is 4.71. The minimum Gasteiger partial charge on any atom is -0.393 e. The van der Waals surface area contributed by atoms with Gasteiger partial charge < -0.3 is 8.17 Å². The highest BCUT2D eigenvalue weighted by Gasteiger charge is 2.54. The fraction of sp³-hybridized carbons (Fsp3) is 0.684. The molecule has 2 fully saturated rings. The maximum atomic E-state index is 10.5. The number of fused-ring (bicyclic) bond motifs is 5. The predicted octanol–water partition coefficient (Wildman–Crippen LogP) is 4.77. The van der Waals surface area contributed by atoms with E-state index in [4.69, 9.17) is 3.07 Å². The molecule has 1 aromatic carbocycles. The van der Waals surface area contributed by atoms with Crippen LogP contribution in [-0.2, 0) is 16.1 Å². The molecular formula is C19H25IO2. The molecule has 0 amide bonds. The number of rotatable bonds is 2. The molecule has 0 saturated heterocycles. The number of aliphatic hydroxyl groups excluding tert-OH is 1. The molecule has 0 heterocycles. The fourth-order valence-electron chi connectivity index (χ4n) is 5.86. The van der Waals surface area contributed by atoms with E-state index >= 15 is 0 Å². The Balaban J connectivity index is 1.69. The van der Waals surface area contributed by atoms with Crippen molar-refractivity contribution < 1.29 is 8.17 Å². The molecule has 1 N–H and O–H groups in total. The number of aliphatic hydroxyl groups is 1. The molecule has 3 aliphatic carbocycles. The summed E-state index contributed by atoms with van der Waals surface area (Å²) in [5.74, 6) is 2.21. The van der Waals surface area contributed by atoms with Crippen LogP contribution < -0.4 is 0 Å². The van der Waals surface area contributed by atoms with Gasteiger partial charge in [0.2, 0.25) is 0 Å². The van der Waals surface area contributed by atoms with Gasteiger partial charge in [0.25, 0.3) is 0 Å². The number of benzene rings is 1. The van der Waals surface area contributed by atoms with E-state index in [0.717, 1.165) is 24.9 Å². The topological polar surface area (TPSA) is 29.5 Å². The zero-order valence-electron chi connectivity index (χ0n) is 13.2. The molecule has 5 unspecified atom stereocenters. The van der Waals surface area contributed by atoms with Crippen LogP contribution in [0.2, 0.25) is 0 Å². The van der Waals surface area contributed by atoms with Gasteiger partial charge in [0.1, 0.15) is 23.0 Å². The van der Waals surface area contributed by atoms with E-state index < -0.39 is 0 Å². The van der Waals surface area contributed by atoms with Crippen LogP contribution in [0.3, 0.4) is 0 Å². The number of hydrogen-bond acceptors (Lipinski definition) is 2. The van der Waals surface area contributed by atoms with Crippen molar-refractivity contribution in [2.75, 3.05) is 0 Å². The van der Waals surface area contributed by atoms with Gasteiger partial charge in [-0.25, -0.2) is 0 Å². The number of halogens is 1. The lowest BCUT2D eigenvalue weighted by molar-refractivity contribution is -0.0226. The zero-order chi connectivity index (χ0) is 15.3. The summed E-state index contributed by atoms with van der Waals surface area (Å²) in [7, 11) is 0. The van der Waals surface area contributed by atoms with Crippen molar-refractivity contribution in [2.24, 2.45) is 17.3 Å². The molecule has 2 saturated carbocycles. The molecule has 0 aliphatic heterocycles. The molecule has 22 heavy (non-hydrogen) atoms. The van der Waals surface area contributed by atoms with Gasteiger partial charge in [-0.15, -0.1) is 0 Å². The van der Waals surface area contributed by atoms with E-state index in [9.17, 15) is 5.11 Å². The molecule has 1 aromatic rings. The molecule has 3 heteroatoms. The van der Waals surface area contributed by atoms with Crippen LogP contribution in [0.1, 0.15) is 61.6 Å². The Labute approximate surface area is 147 Å². The average Bonchev–Trinajstić information content (AvgIpc) is 2.83. The lowest BCUT2D eigenvalue weighted by Crippen LogP contribution is -2.44. The molecule has 0 radical (unpaired) electrons. The minimum atomic E-state index is -0.0707. The van der Waals surface area contributed by atoms with Gasteiger partial charge in [0.05, 0.1) is 12.7 Å². The molecular weight excluding hydrogens is 387 g/mol. The summed E-state index contributed by atoms with van der Waals surface area (Å²) < 4.78 is 5.37. The van der Waals surface area contributed by atoms with Gasteiger partial charge in [-0.1, -0.05) is 25.1 Å². The monoisotopic (exact) mass is 412 g/mol. The lowest BCUT2D eigenvalue weighted by Gasteiger charge is -2.50. The van der Waals surface area contributed by atoms with Crippen molar-refractivity contribution in [2.45, 2.75) is 64.1 Å². The Morgan fingerprint density at radius 1 is 1.27 bits per heavy atom. The van der Waals surface area contributed by atoms with Gasteiger partial charge in [0.15, 0.2) is 0 Å². The van der Waals surface area contributed by atoms with Crippen molar-refractivity contribution in [3.05, 3.63) is 34.9 Å². The minimum absolute atomic E-state index is 0.0707. The highest BCUT2D eigenvalue weighted by Crippen LogP contribution is 2.60. The van der Waals surface area contributed by atoms with Gasteiger partial charge in [0, 0.05) is 0 Å². The van der Waals surface area contributed by atoms with Gasteiger partial charge in [-0.05, 0) is 78.4 Å². The van der Waals surface area contributed by atoms with E-state index in [1.54, 1.807) is 11.1 Å². The summed E-state index contributed by atoms with van der Waals surface area (Å²) in [5, 5.41) is 10.5. The first-order valence-electron chi connectivity index (χ1n) is 8.67. The Bertz CT molecular complexity index is 573. The second-order valence-corrected chi connectivity index (χ2v) is 8.41. The first-order chi connectivity index (χ1) is 10.6. The maximum absolute atomic E-state index is 10.5. The summed E-state index contributed by atoms with van der Waals surface area (Å²) in [6.45, 7) is 3.07. The van der Waals surface area contributed by atoms with E-state index in [1.165, 1.54) is 37.7 Å². The molecule has 0 aromatic heterocycles. The molecule has 2 nitrogen and oxygen atoms in total. The third-order valence-electron chi connectivity index (χ3n) is 7.03. The van der Waals surface area contributed by atoms with Crippen molar-refractivity contribution >= 4 is 23.0 Å². The SMILES string of the molecule is CC12CCC3c4cccc(COI)c4CCC3C1CCC2O. The molecule has 5 atom stereocenters. The maximum Gasteiger partial charge on any atom is 0.110 e. The Kier molecular flexibility index (Phi) is 4.02. The lowest BCUT2D eigenvalue weighted by atomic mass is 9.55. The second kappa shape index (κ2) is 5.75. The Hall–Kier alpha value is -0.130. The Morgan fingerprint density at radius 2 is 2.14 bits per heavy atom. The standard InChI is InChI=1S/C19H25IO2/c1-19-10-9-15-14-4-2-3-12(11-22-20)13(14)5-6-16(15)17(19)7-8-18(19)21/h2-4,15-18,21H,5-11H2,1H3. The van der Waals surface area contributed by atoms with Crippen molar-refractivity contribution in [1.29, 1.82) is 0 Å². The van der Waals surface area contributed by atoms with Crippen LogP contribution >= 0.6 is 23.0 Å². The normalized spacial score (nSPS) is 40.0. The summed E-state index contributed by atoms with van der Waals surface area (Å²) >= 11 is 2.00. The highest BCUT2D eigenvalue weighted by molar-refractivity contribution is 14.1. The third kappa shape index (κ3) is 2.19. The molecule has 4 rings (SSSR count). The van der Waals surface area contributed by atoms with Crippen LogP contribution in [0, 0.1) is 17.3 Å². The first kappa shape index (κ1) is 15.4. The largest absolute Gasteiger partial charge is 0.393 e. The zero-order valence-corrected chi connectivity index (χ0v) is 15.4. The van der Waals surface area contributed by atoms with Crippen molar-refractivity contribution in [3.63, 3.8) is 0 Å². The van der Waals surface area contributed by atoms with Crippen molar-refractivity contribution in [1.82, 2.24) is 0 Å². The third-order valence-corrected chi connectivity index (χ3v) is 7.34. The van der Waals surface area contributed by atoms with Crippen LogP contribution in [0.25, 0.3) is 0 Å². The highest BCUT2D eigenvalue weighted by atomic mass is 127. The molecule has 0 spiro atoms. The van der Waals surface area contributed by atoms with Gasteiger partial charge in [-0.3, -0.25) is 0 Å². The predicted molar refractivity (Wildman–Crippen MR) is 95.9 cm³/mol. The van der Waals surface area contributed by atoms with E-state index in [2.05, 4.69) is 25.1 Å². The smallest absolute Gasteiger partial charge is 0.110 e. The summed E-state index contributed by atoms with van der Waals surface area (Å²) in [4.78, 5) is 0. The van der Waals surface area contributed by atoms with E-state index in [1.807, 2.05) is 23.0 Å². The fourth-order valence-corrected chi connectivity index (χ4v) is 6.20. The van der Waals surface area contributed by atoms with Crippen molar-refractivity contribution in [3.8, 4) is 0 Å². The van der Waals surface area contributed by atoms with Crippen LogP contribution in [0.15, 0.2) is 18.2 Å². The molecule has 3 aliphatic rings. The molecule has 0 bridgehead atoms. The summed E-state index contributed by atoms with van der Waals surface area (Å²) in [6, 6.07) is 6.80. The van der Waals surface area contributed by atoms with Crippen LogP contribution in [0.4, 0.5) is 0 Å². The molecule has 120 valence electrons. The van der Waals surface area contributed by atoms with Crippen LogP contribution in [-0.4, -0.2) is 11.2 Å². The van der Waals surface area contributed by atoms with E-state index in [-0.39, 0.29) is 11.5 Å². The summed E-state index contributed by atoms with van der Waals surface area (Å²) in [6.07, 6.45) is 7.09. The average molecular weight is 412 g/mol. The number of hydrogen-bond donors (Lipinski definition) is 1. The van der Waals surface area contributed by atoms with Gasteiger partial charge in [-0.2, -0.15) is 0 Å². The van der Waals surface area contributed by atoms with Gasteiger partial charge >= 0.3 is 0 Å². The quantitative estimate of drug-likeness (QED) is 0.710. The first-order valence-corrected chi connectivity index (χ1v) is 9.55.